The van der Waals surface area contributed by atoms with E-state index in [1.165, 1.54) is 7.11 Å². The Hall–Kier alpha value is -2.43. The van der Waals surface area contributed by atoms with E-state index in [1.54, 1.807) is 18.2 Å². The Labute approximate surface area is 111 Å². The normalized spacial score (nSPS) is 10.2. The quantitative estimate of drug-likeness (QED) is 0.825. The predicted octanol–water partition coefficient (Wildman–Crippen LogP) is 2.11. The molecule has 0 radical (unpaired) electrons. The number of furan rings is 1. The maximum absolute atomic E-state index is 12.1. The minimum atomic E-state index is -0.252. The highest BCUT2D eigenvalue weighted by atomic mass is 16.5. The van der Waals surface area contributed by atoms with Crippen LogP contribution >= 0.6 is 0 Å². The molecule has 0 bridgehead atoms. The first-order valence-corrected chi connectivity index (χ1v) is 5.88. The minimum Gasteiger partial charge on any atom is -0.494 e. The van der Waals surface area contributed by atoms with Gasteiger partial charge in [0.2, 0.25) is 0 Å². The third kappa shape index (κ3) is 2.88. The van der Waals surface area contributed by atoms with Gasteiger partial charge >= 0.3 is 0 Å². The number of rotatable bonds is 4. The van der Waals surface area contributed by atoms with Gasteiger partial charge < -0.3 is 20.2 Å². The monoisotopic (exact) mass is 260 g/mol. The summed E-state index contributed by atoms with van der Waals surface area (Å²) in [7, 11) is 1.48. The number of nitrogen functional groups attached to an aromatic ring is 1. The lowest BCUT2D eigenvalue weighted by molar-refractivity contribution is 0.0945. The molecule has 1 amide bonds. The first-order valence-electron chi connectivity index (χ1n) is 5.88. The first-order chi connectivity index (χ1) is 9.11. The highest BCUT2D eigenvalue weighted by Crippen LogP contribution is 2.25. The van der Waals surface area contributed by atoms with Gasteiger partial charge in [-0.3, -0.25) is 4.79 Å². The summed E-state index contributed by atoms with van der Waals surface area (Å²) in [6, 6.07) is 8.74. The smallest absolute Gasteiger partial charge is 0.255 e. The Morgan fingerprint density at radius 1 is 1.37 bits per heavy atom. The van der Waals surface area contributed by atoms with Crippen LogP contribution in [0.4, 0.5) is 5.69 Å². The summed E-state index contributed by atoms with van der Waals surface area (Å²) in [5.41, 5.74) is 6.60. The summed E-state index contributed by atoms with van der Waals surface area (Å²) in [5.74, 6) is 1.65. The molecule has 2 aromatic rings. The van der Waals surface area contributed by atoms with E-state index in [0.717, 1.165) is 5.76 Å². The van der Waals surface area contributed by atoms with Crippen LogP contribution in [0.25, 0.3) is 0 Å². The number of hydrogen-bond acceptors (Lipinski definition) is 4. The number of nitrogens with one attached hydrogen (secondary N) is 1. The summed E-state index contributed by atoms with van der Waals surface area (Å²) in [6.45, 7) is 2.18. The highest BCUT2D eigenvalue weighted by molar-refractivity contribution is 5.98. The fourth-order valence-electron chi connectivity index (χ4n) is 1.80. The lowest BCUT2D eigenvalue weighted by Crippen LogP contribution is -2.23. The zero-order chi connectivity index (χ0) is 13.8. The van der Waals surface area contributed by atoms with E-state index in [-0.39, 0.29) is 5.91 Å². The van der Waals surface area contributed by atoms with E-state index in [9.17, 15) is 4.79 Å². The largest absolute Gasteiger partial charge is 0.494 e. The number of para-hydroxylation sites is 1. The second-order valence-corrected chi connectivity index (χ2v) is 4.12. The Balaban J connectivity index is 2.10. The zero-order valence-corrected chi connectivity index (χ0v) is 10.9. The van der Waals surface area contributed by atoms with Crippen LogP contribution in [0.2, 0.25) is 0 Å². The van der Waals surface area contributed by atoms with E-state index >= 15 is 0 Å². The average molecular weight is 260 g/mol. The first kappa shape index (κ1) is 13.0. The van der Waals surface area contributed by atoms with Crippen LogP contribution < -0.4 is 15.8 Å². The van der Waals surface area contributed by atoms with Gasteiger partial charge in [0.25, 0.3) is 5.91 Å². The fourth-order valence-corrected chi connectivity index (χ4v) is 1.80. The molecule has 0 aliphatic rings. The third-order valence-corrected chi connectivity index (χ3v) is 2.71. The Kier molecular flexibility index (Phi) is 3.75. The molecule has 0 aliphatic carbocycles. The van der Waals surface area contributed by atoms with Crippen molar-refractivity contribution in [3.63, 3.8) is 0 Å². The lowest BCUT2D eigenvalue weighted by Gasteiger charge is -2.10. The van der Waals surface area contributed by atoms with Crippen LogP contribution in [0.15, 0.2) is 34.7 Å². The van der Waals surface area contributed by atoms with Gasteiger partial charge in [-0.25, -0.2) is 0 Å². The SMILES string of the molecule is COc1c(N)cccc1C(=O)NCc1ccc(C)o1. The number of ether oxygens (including phenoxy) is 1. The lowest BCUT2D eigenvalue weighted by atomic mass is 10.1. The van der Waals surface area contributed by atoms with Crippen LogP contribution in [-0.2, 0) is 6.54 Å². The summed E-state index contributed by atoms with van der Waals surface area (Å²) in [6.07, 6.45) is 0. The predicted molar refractivity (Wildman–Crippen MR) is 72.0 cm³/mol. The number of amides is 1. The average Bonchev–Trinajstić information content (AvgIpc) is 2.81. The van der Waals surface area contributed by atoms with Crippen molar-refractivity contribution < 1.29 is 13.9 Å². The molecule has 1 aromatic carbocycles. The third-order valence-electron chi connectivity index (χ3n) is 2.71. The van der Waals surface area contributed by atoms with E-state index in [0.29, 0.717) is 29.3 Å². The number of carbonyl (C=O) groups is 1. The Morgan fingerprint density at radius 3 is 2.79 bits per heavy atom. The molecule has 5 heteroatoms. The molecule has 0 fully saturated rings. The number of methoxy groups -OCH3 is 1. The second kappa shape index (κ2) is 5.48. The number of aryl methyl sites for hydroxylation is 1. The Bertz CT molecular complexity index is 590. The maximum Gasteiger partial charge on any atom is 0.255 e. The topological polar surface area (TPSA) is 77.5 Å². The number of benzene rings is 1. The van der Waals surface area contributed by atoms with Crippen molar-refractivity contribution in [3.8, 4) is 5.75 Å². The van der Waals surface area contributed by atoms with Crippen LogP contribution in [0, 0.1) is 6.92 Å². The van der Waals surface area contributed by atoms with Crippen molar-refractivity contribution in [1.82, 2.24) is 5.32 Å². The second-order valence-electron chi connectivity index (χ2n) is 4.12. The van der Waals surface area contributed by atoms with Gasteiger partial charge in [-0.2, -0.15) is 0 Å². The molecule has 1 heterocycles. The van der Waals surface area contributed by atoms with E-state index in [4.69, 9.17) is 14.9 Å². The van der Waals surface area contributed by atoms with Gasteiger partial charge in [0, 0.05) is 0 Å². The highest BCUT2D eigenvalue weighted by Gasteiger charge is 2.14. The van der Waals surface area contributed by atoms with Gasteiger partial charge in [0.15, 0.2) is 5.75 Å². The molecule has 3 N–H and O–H groups in total. The van der Waals surface area contributed by atoms with Gasteiger partial charge in [0.05, 0.1) is 24.9 Å². The van der Waals surface area contributed by atoms with Crippen molar-refractivity contribution in [2.75, 3.05) is 12.8 Å². The van der Waals surface area contributed by atoms with Gasteiger partial charge in [-0.05, 0) is 31.2 Å². The molecular weight excluding hydrogens is 244 g/mol. The molecule has 0 saturated heterocycles. The minimum absolute atomic E-state index is 0.252. The van der Waals surface area contributed by atoms with Gasteiger partial charge in [-0.15, -0.1) is 0 Å². The van der Waals surface area contributed by atoms with Crippen molar-refractivity contribution >= 4 is 11.6 Å². The summed E-state index contributed by atoms with van der Waals surface area (Å²) in [4.78, 5) is 12.1. The molecule has 2 rings (SSSR count). The van der Waals surface area contributed by atoms with Crippen LogP contribution in [0.1, 0.15) is 21.9 Å². The molecule has 19 heavy (non-hydrogen) atoms. The summed E-state index contributed by atoms with van der Waals surface area (Å²) >= 11 is 0. The van der Waals surface area contributed by atoms with E-state index < -0.39 is 0 Å². The summed E-state index contributed by atoms with van der Waals surface area (Å²) < 4.78 is 10.5. The molecule has 0 unspecified atom stereocenters. The molecule has 100 valence electrons. The number of hydrogen-bond donors (Lipinski definition) is 2. The number of nitrogens with two attached hydrogens (primary N) is 1. The zero-order valence-electron chi connectivity index (χ0n) is 10.9. The van der Waals surface area contributed by atoms with Crippen molar-refractivity contribution in [2.24, 2.45) is 0 Å². The number of carbonyl (C=O) groups excluding carboxylic acids is 1. The van der Waals surface area contributed by atoms with Crippen LogP contribution in [-0.4, -0.2) is 13.0 Å². The van der Waals surface area contributed by atoms with Gasteiger partial charge in [-0.1, -0.05) is 6.07 Å². The maximum atomic E-state index is 12.1. The molecule has 1 aromatic heterocycles. The molecule has 0 atom stereocenters. The molecule has 0 spiro atoms. The van der Waals surface area contributed by atoms with Crippen molar-refractivity contribution in [1.29, 1.82) is 0 Å². The molecular formula is C14H16N2O3. The molecule has 5 nitrogen and oxygen atoms in total. The van der Waals surface area contributed by atoms with Crippen LogP contribution in [0.3, 0.4) is 0 Å². The van der Waals surface area contributed by atoms with Gasteiger partial charge in [0.1, 0.15) is 11.5 Å². The molecule has 0 aliphatic heterocycles. The summed E-state index contributed by atoms with van der Waals surface area (Å²) in [5, 5.41) is 2.76. The fraction of sp³-hybridized carbons (Fsp3) is 0.214. The molecule has 0 saturated carbocycles. The Morgan fingerprint density at radius 2 is 2.16 bits per heavy atom. The van der Waals surface area contributed by atoms with Crippen molar-refractivity contribution in [2.45, 2.75) is 13.5 Å². The van der Waals surface area contributed by atoms with E-state index in [2.05, 4.69) is 5.32 Å². The van der Waals surface area contributed by atoms with Crippen LogP contribution in [0.5, 0.6) is 5.75 Å². The number of anilines is 1. The van der Waals surface area contributed by atoms with Crippen molar-refractivity contribution in [3.05, 3.63) is 47.4 Å². The van der Waals surface area contributed by atoms with E-state index in [1.807, 2.05) is 19.1 Å². The standard InChI is InChI=1S/C14H16N2O3/c1-9-6-7-10(19-9)8-16-14(17)11-4-3-5-12(15)13(11)18-2/h3-7H,8,15H2,1-2H3,(H,16,17).